The molecule has 3 rings (SSSR count). The highest BCUT2D eigenvalue weighted by Gasteiger charge is 2.24. The van der Waals surface area contributed by atoms with Crippen LogP contribution in [-0.2, 0) is 9.53 Å². The first kappa shape index (κ1) is 18.8. The first-order valence-corrected chi connectivity index (χ1v) is 8.61. The Morgan fingerprint density at radius 3 is 2.52 bits per heavy atom. The largest absolute Gasteiger partial charge is 0.497 e. The van der Waals surface area contributed by atoms with Crippen LogP contribution in [0.5, 0.6) is 5.75 Å². The highest BCUT2D eigenvalue weighted by molar-refractivity contribution is 6.30. The number of benzene rings is 2. The molecule has 1 N–H and O–H groups in total. The SMILES string of the molecule is COc1ccc2oc(C(=O)O[C@H](C)C(=O)Nc3ccc(Cl)cc3)c(C)c2c1. The Kier molecular flexibility index (Phi) is 5.37. The Balaban J connectivity index is 1.72. The molecule has 1 heterocycles. The molecule has 0 bridgehead atoms. The third-order valence-electron chi connectivity index (χ3n) is 4.09. The summed E-state index contributed by atoms with van der Waals surface area (Å²) in [6.07, 6.45) is -1.00. The lowest BCUT2D eigenvalue weighted by atomic mass is 10.1. The number of hydrogen-bond acceptors (Lipinski definition) is 5. The van der Waals surface area contributed by atoms with Crippen LogP contribution in [0.1, 0.15) is 23.0 Å². The van der Waals surface area contributed by atoms with Crippen molar-refractivity contribution in [2.24, 2.45) is 0 Å². The van der Waals surface area contributed by atoms with Crippen LogP contribution in [0.4, 0.5) is 5.69 Å². The van der Waals surface area contributed by atoms with Crippen LogP contribution in [-0.4, -0.2) is 25.1 Å². The van der Waals surface area contributed by atoms with E-state index in [2.05, 4.69) is 5.32 Å². The fraction of sp³-hybridized carbons (Fsp3) is 0.200. The van der Waals surface area contributed by atoms with Crippen molar-refractivity contribution < 1.29 is 23.5 Å². The van der Waals surface area contributed by atoms with E-state index in [0.717, 1.165) is 5.39 Å². The molecule has 0 spiro atoms. The molecule has 0 saturated heterocycles. The number of anilines is 1. The van der Waals surface area contributed by atoms with Gasteiger partial charge in [0.05, 0.1) is 7.11 Å². The van der Waals surface area contributed by atoms with Crippen LogP contribution in [0.2, 0.25) is 5.02 Å². The van der Waals surface area contributed by atoms with Gasteiger partial charge >= 0.3 is 5.97 Å². The van der Waals surface area contributed by atoms with Gasteiger partial charge in [-0.2, -0.15) is 0 Å². The number of nitrogens with one attached hydrogen (secondary N) is 1. The molecule has 27 heavy (non-hydrogen) atoms. The van der Waals surface area contributed by atoms with Gasteiger partial charge in [0.25, 0.3) is 5.91 Å². The molecule has 2 aromatic carbocycles. The molecule has 1 aromatic heterocycles. The van der Waals surface area contributed by atoms with Gasteiger partial charge in [-0.25, -0.2) is 4.79 Å². The van der Waals surface area contributed by atoms with E-state index in [0.29, 0.717) is 27.6 Å². The molecule has 0 radical (unpaired) electrons. The summed E-state index contributed by atoms with van der Waals surface area (Å²) in [5.41, 5.74) is 1.72. The number of carbonyl (C=O) groups excluding carboxylic acids is 2. The number of amides is 1. The number of rotatable bonds is 5. The van der Waals surface area contributed by atoms with Crippen molar-refractivity contribution >= 4 is 40.1 Å². The Hall–Kier alpha value is -2.99. The minimum Gasteiger partial charge on any atom is -0.497 e. The topological polar surface area (TPSA) is 77.8 Å². The van der Waals surface area contributed by atoms with Gasteiger partial charge in [0.2, 0.25) is 5.76 Å². The number of hydrogen-bond donors (Lipinski definition) is 1. The summed E-state index contributed by atoms with van der Waals surface area (Å²) in [4.78, 5) is 24.7. The summed E-state index contributed by atoms with van der Waals surface area (Å²) < 4.78 is 16.0. The second-order valence-corrected chi connectivity index (χ2v) is 6.40. The van der Waals surface area contributed by atoms with Gasteiger partial charge in [-0.15, -0.1) is 0 Å². The van der Waals surface area contributed by atoms with Crippen LogP contribution in [0, 0.1) is 6.92 Å². The predicted molar refractivity (Wildman–Crippen MR) is 102 cm³/mol. The fourth-order valence-electron chi connectivity index (χ4n) is 2.57. The van der Waals surface area contributed by atoms with E-state index in [1.54, 1.807) is 56.5 Å². The lowest BCUT2D eigenvalue weighted by Gasteiger charge is -2.13. The van der Waals surface area contributed by atoms with Gasteiger partial charge in [-0.3, -0.25) is 4.79 Å². The third kappa shape index (κ3) is 4.06. The number of esters is 1. The predicted octanol–water partition coefficient (Wildman–Crippen LogP) is 4.59. The van der Waals surface area contributed by atoms with Gasteiger partial charge in [0, 0.05) is 21.7 Å². The number of ether oxygens (including phenoxy) is 2. The smallest absolute Gasteiger partial charge is 0.375 e. The number of fused-ring (bicyclic) bond motifs is 1. The summed E-state index contributed by atoms with van der Waals surface area (Å²) >= 11 is 5.81. The van der Waals surface area contributed by atoms with Gasteiger partial charge in [0.1, 0.15) is 11.3 Å². The summed E-state index contributed by atoms with van der Waals surface area (Å²) in [6.45, 7) is 3.24. The van der Waals surface area contributed by atoms with Crippen LogP contribution in [0.3, 0.4) is 0 Å². The van der Waals surface area contributed by atoms with Crippen molar-refractivity contribution in [3.63, 3.8) is 0 Å². The lowest BCUT2D eigenvalue weighted by Crippen LogP contribution is -2.30. The maximum Gasteiger partial charge on any atom is 0.375 e. The van der Waals surface area contributed by atoms with Gasteiger partial charge in [-0.05, 0) is 56.3 Å². The zero-order valence-corrected chi connectivity index (χ0v) is 15.8. The number of aryl methyl sites for hydroxylation is 1. The van der Waals surface area contributed by atoms with Crippen LogP contribution in [0.15, 0.2) is 46.9 Å². The number of halogens is 1. The molecule has 0 unspecified atom stereocenters. The molecule has 1 atom stereocenters. The molecule has 0 aliphatic heterocycles. The van der Waals surface area contributed by atoms with Crippen LogP contribution < -0.4 is 10.1 Å². The van der Waals surface area contributed by atoms with E-state index < -0.39 is 18.0 Å². The van der Waals surface area contributed by atoms with Crippen molar-refractivity contribution in [1.82, 2.24) is 0 Å². The van der Waals surface area contributed by atoms with E-state index >= 15 is 0 Å². The third-order valence-corrected chi connectivity index (χ3v) is 4.35. The average Bonchev–Trinajstić information content (AvgIpc) is 2.99. The molecule has 0 aliphatic rings. The van der Waals surface area contributed by atoms with Gasteiger partial charge in [-0.1, -0.05) is 11.6 Å². The van der Waals surface area contributed by atoms with E-state index in [1.807, 2.05) is 0 Å². The zero-order chi connectivity index (χ0) is 19.6. The second-order valence-electron chi connectivity index (χ2n) is 5.96. The van der Waals surface area contributed by atoms with E-state index in [1.165, 1.54) is 6.92 Å². The van der Waals surface area contributed by atoms with Gasteiger partial charge < -0.3 is 19.2 Å². The maximum atomic E-state index is 12.5. The lowest BCUT2D eigenvalue weighted by molar-refractivity contribution is -0.123. The quantitative estimate of drug-likeness (QED) is 0.648. The minimum atomic E-state index is -1.00. The molecule has 0 saturated carbocycles. The Labute approximate surface area is 161 Å². The second kappa shape index (κ2) is 7.72. The summed E-state index contributed by atoms with van der Waals surface area (Å²) in [5, 5.41) is 3.97. The standard InChI is InChI=1S/C20H18ClNO5/c1-11-16-10-15(25-3)8-9-17(16)27-18(11)20(24)26-12(2)19(23)22-14-6-4-13(21)5-7-14/h4-10,12H,1-3H3,(H,22,23)/t12-/m1/s1. The maximum absolute atomic E-state index is 12.5. The number of furan rings is 1. The van der Waals surface area contributed by atoms with Crippen LogP contribution >= 0.6 is 11.6 Å². The van der Waals surface area contributed by atoms with Crippen molar-refractivity contribution in [3.8, 4) is 5.75 Å². The first-order valence-electron chi connectivity index (χ1n) is 8.23. The van der Waals surface area contributed by atoms with Crippen molar-refractivity contribution in [1.29, 1.82) is 0 Å². The van der Waals surface area contributed by atoms with E-state index in [4.69, 9.17) is 25.5 Å². The molecule has 0 fully saturated rings. The Morgan fingerprint density at radius 2 is 1.85 bits per heavy atom. The molecule has 0 aliphatic carbocycles. The normalized spacial score (nSPS) is 11.9. The molecule has 1 amide bonds. The molecule has 7 heteroatoms. The molecular weight excluding hydrogens is 370 g/mol. The monoisotopic (exact) mass is 387 g/mol. The van der Waals surface area contributed by atoms with E-state index in [9.17, 15) is 9.59 Å². The first-order chi connectivity index (χ1) is 12.9. The Bertz CT molecular complexity index is 994. The summed E-state index contributed by atoms with van der Waals surface area (Å²) in [6, 6.07) is 11.9. The average molecular weight is 388 g/mol. The van der Waals surface area contributed by atoms with E-state index in [-0.39, 0.29) is 5.76 Å². The minimum absolute atomic E-state index is 0.0596. The Morgan fingerprint density at radius 1 is 1.15 bits per heavy atom. The fourth-order valence-corrected chi connectivity index (χ4v) is 2.69. The van der Waals surface area contributed by atoms with Crippen molar-refractivity contribution in [3.05, 3.63) is 58.8 Å². The summed E-state index contributed by atoms with van der Waals surface area (Å²) in [5.74, 6) is -0.450. The molecular formula is C20H18ClNO5. The highest BCUT2D eigenvalue weighted by atomic mass is 35.5. The molecule has 3 aromatic rings. The summed E-state index contributed by atoms with van der Waals surface area (Å²) in [7, 11) is 1.56. The molecule has 140 valence electrons. The number of methoxy groups -OCH3 is 1. The van der Waals surface area contributed by atoms with Gasteiger partial charge in [0.15, 0.2) is 6.10 Å². The zero-order valence-electron chi connectivity index (χ0n) is 15.0. The molecule has 6 nitrogen and oxygen atoms in total. The number of carbonyl (C=O) groups is 2. The highest BCUT2D eigenvalue weighted by Crippen LogP contribution is 2.29. The van der Waals surface area contributed by atoms with Crippen LogP contribution in [0.25, 0.3) is 11.0 Å². The van der Waals surface area contributed by atoms with Crippen molar-refractivity contribution in [2.75, 3.05) is 12.4 Å². The van der Waals surface area contributed by atoms with Crippen molar-refractivity contribution in [2.45, 2.75) is 20.0 Å².